The number of benzene rings is 3. The molecule has 3 aromatic rings. The molecule has 0 saturated heterocycles. The summed E-state index contributed by atoms with van der Waals surface area (Å²) in [7, 11) is 0. The molecule has 0 aliphatic heterocycles. The van der Waals surface area contributed by atoms with E-state index in [0.717, 1.165) is 0 Å². The summed E-state index contributed by atoms with van der Waals surface area (Å²) in [6, 6.07) is 23.3. The van der Waals surface area contributed by atoms with Crippen molar-refractivity contribution in [3.05, 3.63) is 88.9 Å². The van der Waals surface area contributed by atoms with Crippen LogP contribution in [0.2, 0.25) is 5.02 Å². The van der Waals surface area contributed by atoms with Gasteiger partial charge in [0.1, 0.15) is 19.0 Å². The summed E-state index contributed by atoms with van der Waals surface area (Å²) in [6.45, 7) is 2.93. The Morgan fingerprint density at radius 2 is 1.71 bits per heavy atom. The Kier molecular flexibility index (Phi) is 9.32. The topological polar surface area (TPSA) is 92.9 Å². The van der Waals surface area contributed by atoms with Crippen molar-refractivity contribution in [1.82, 2.24) is 5.43 Å². The first-order chi connectivity index (χ1) is 16.6. The van der Waals surface area contributed by atoms with Gasteiger partial charge in [0.05, 0.1) is 23.9 Å². The molecule has 8 heteroatoms. The number of hydrazone groups is 1. The Morgan fingerprint density at radius 1 is 1.00 bits per heavy atom. The van der Waals surface area contributed by atoms with Crippen LogP contribution in [-0.2, 0) is 4.79 Å². The lowest BCUT2D eigenvalue weighted by molar-refractivity contribution is -0.121. The third kappa shape index (κ3) is 6.99. The van der Waals surface area contributed by atoms with Crippen molar-refractivity contribution in [1.29, 1.82) is 5.26 Å². The van der Waals surface area contributed by atoms with E-state index in [1.165, 1.54) is 6.21 Å². The molecule has 0 spiro atoms. The SMILES string of the molecule is CCOc1cc(/C=N\NC(=O)[C@@H](C#N)c2ccccc2)ccc1OCCOc1ccccc1Cl. The van der Waals surface area contributed by atoms with Crippen LogP contribution < -0.4 is 19.6 Å². The number of nitrogens with zero attached hydrogens (tertiary/aromatic N) is 2. The zero-order chi connectivity index (χ0) is 24.2. The summed E-state index contributed by atoms with van der Waals surface area (Å²) < 4.78 is 17.1. The highest BCUT2D eigenvalue weighted by atomic mass is 35.5. The first-order valence-corrected chi connectivity index (χ1v) is 11.0. The molecule has 174 valence electrons. The summed E-state index contributed by atoms with van der Waals surface area (Å²) in [5.41, 5.74) is 3.72. The van der Waals surface area contributed by atoms with Crippen LogP contribution in [0.25, 0.3) is 0 Å². The minimum Gasteiger partial charge on any atom is -0.490 e. The second kappa shape index (κ2) is 12.9. The van der Waals surface area contributed by atoms with Crippen molar-refractivity contribution in [3.63, 3.8) is 0 Å². The zero-order valence-corrected chi connectivity index (χ0v) is 19.4. The number of amides is 1. The van der Waals surface area contributed by atoms with Crippen molar-refractivity contribution >= 4 is 23.7 Å². The second-order valence-corrected chi connectivity index (χ2v) is 7.38. The molecule has 0 aromatic heterocycles. The van der Waals surface area contributed by atoms with Crippen molar-refractivity contribution in [2.24, 2.45) is 5.10 Å². The van der Waals surface area contributed by atoms with Crippen LogP contribution in [0.1, 0.15) is 24.0 Å². The largest absolute Gasteiger partial charge is 0.490 e. The van der Waals surface area contributed by atoms with Gasteiger partial charge < -0.3 is 14.2 Å². The van der Waals surface area contributed by atoms with E-state index in [2.05, 4.69) is 10.5 Å². The van der Waals surface area contributed by atoms with Gasteiger partial charge in [0, 0.05) is 0 Å². The molecule has 3 rings (SSSR count). The highest BCUT2D eigenvalue weighted by Gasteiger charge is 2.19. The molecule has 0 heterocycles. The molecule has 34 heavy (non-hydrogen) atoms. The van der Waals surface area contributed by atoms with Crippen LogP contribution in [0.3, 0.4) is 0 Å². The number of carbonyl (C=O) groups is 1. The van der Waals surface area contributed by atoms with Gasteiger partial charge in [0.25, 0.3) is 5.91 Å². The molecule has 0 aliphatic rings. The summed E-state index contributed by atoms with van der Waals surface area (Å²) in [5, 5.41) is 13.9. The Balaban J connectivity index is 1.57. The van der Waals surface area contributed by atoms with E-state index >= 15 is 0 Å². The average molecular weight is 478 g/mol. The molecule has 0 radical (unpaired) electrons. The number of nitriles is 1. The fourth-order valence-electron chi connectivity index (χ4n) is 3.02. The lowest BCUT2D eigenvalue weighted by Gasteiger charge is -2.13. The van der Waals surface area contributed by atoms with Gasteiger partial charge in [-0.05, 0) is 48.4 Å². The van der Waals surface area contributed by atoms with E-state index in [0.29, 0.717) is 53.2 Å². The second-order valence-electron chi connectivity index (χ2n) is 6.97. The summed E-state index contributed by atoms with van der Waals surface area (Å²) in [6.07, 6.45) is 1.48. The molecule has 1 amide bonds. The van der Waals surface area contributed by atoms with Gasteiger partial charge in [0.15, 0.2) is 17.4 Å². The lowest BCUT2D eigenvalue weighted by atomic mass is 10.0. The lowest BCUT2D eigenvalue weighted by Crippen LogP contribution is -2.24. The highest BCUT2D eigenvalue weighted by molar-refractivity contribution is 6.32. The van der Waals surface area contributed by atoms with E-state index in [1.807, 2.05) is 31.2 Å². The number of halogens is 1. The third-order valence-electron chi connectivity index (χ3n) is 4.62. The molecule has 0 bridgehead atoms. The Morgan fingerprint density at radius 3 is 2.41 bits per heavy atom. The predicted molar refractivity (Wildman–Crippen MR) is 131 cm³/mol. The van der Waals surface area contributed by atoms with Crippen molar-refractivity contribution in [2.45, 2.75) is 12.8 Å². The van der Waals surface area contributed by atoms with Gasteiger partial charge in [0.2, 0.25) is 0 Å². The molecule has 0 aliphatic carbocycles. The molecule has 0 unspecified atom stereocenters. The van der Waals surface area contributed by atoms with Gasteiger partial charge >= 0.3 is 0 Å². The molecule has 0 saturated carbocycles. The van der Waals surface area contributed by atoms with Crippen LogP contribution in [0.4, 0.5) is 0 Å². The quantitative estimate of drug-likeness (QED) is 0.239. The van der Waals surface area contributed by atoms with Gasteiger partial charge in [-0.1, -0.05) is 54.1 Å². The fraction of sp³-hybridized carbons (Fsp3) is 0.192. The first kappa shape index (κ1) is 24.6. The summed E-state index contributed by atoms with van der Waals surface area (Å²) >= 11 is 6.08. The van der Waals surface area contributed by atoms with E-state index in [4.69, 9.17) is 25.8 Å². The van der Waals surface area contributed by atoms with Gasteiger partial charge in [-0.3, -0.25) is 4.79 Å². The highest BCUT2D eigenvalue weighted by Crippen LogP contribution is 2.28. The van der Waals surface area contributed by atoms with E-state index in [1.54, 1.807) is 54.6 Å². The number of rotatable bonds is 11. The van der Waals surface area contributed by atoms with Crippen LogP contribution in [0.5, 0.6) is 17.2 Å². The maximum Gasteiger partial charge on any atom is 0.261 e. The maximum absolute atomic E-state index is 12.3. The monoisotopic (exact) mass is 477 g/mol. The van der Waals surface area contributed by atoms with Gasteiger partial charge in [-0.15, -0.1) is 0 Å². The molecule has 1 atom stereocenters. The molecule has 1 N–H and O–H groups in total. The molecule has 3 aromatic carbocycles. The maximum atomic E-state index is 12.3. The molecule has 0 fully saturated rings. The molecular formula is C26H24ClN3O4. The Bertz CT molecular complexity index is 1160. The van der Waals surface area contributed by atoms with E-state index < -0.39 is 11.8 Å². The number of para-hydroxylation sites is 1. The molecular weight excluding hydrogens is 454 g/mol. The first-order valence-electron chi connectivity index (χ1n) is 10.7. The Hall–Kier alpha value is -4.02. The number of hydrogen-bond acceptors (Lipinski definition) is 6. The number of carbonyl (C=O) groups excluding carboxylic acids is 1. The van der Waals surface area contributed by atoms with Gasteiger partial charge in [-0.2, -0.15) is 10.4 Å². The standard InChI is InChI=1S/C26H24ClN3O4/c1-2-32-25-16-19(18-29-30-26(31)21(17-28)20-8-4-3-5-9-20)12-13-24(25)34-15-14-33-23-11-7-6-10-22(23)27/h3-13,16,18,21H,2,14-15H2,1H3,(H,30,31)/b29-18-/t21-/m0/s1. The fourth-order valence-corrected chi connectivity index (χ4v) is 3.21. The van der Waals surface area contributed by atoms with E-state index in [9.17, 15) is 10.1 Å². The van der Waals surface area contributed by atoms with Crippen molar-refractivity contribution < 1.29 is 19.0 Å². The van der Waals surface area contributed by atoms with Crippen LogP contribution in [-0.4, -0.2) is 31.9 Å². The smallest absolute Gasteiger partial charge is 0.261 e. The summed E-state index contributed by atoms with van der Waals surface area (Å²) in [5.74, 6) is 0.237. The number of nitrogens with one attached hydrogen (secondary N) is 1. The minimum absolute atomic E-state index is 0.295. The zero-order valence-electron chi connectivity index (χ0n) is 18.6. The van der Waals surface area contributed by atoms with Crippen molar-refractivity contribution in [3.8, 4) is 23.3 Å². The van der Waals surface area contributed by atoms with Crippen LogP contribution in [0.15, 0.2) is 77.9 Å². The van der Waals surface area contributed by atoms with Gasteiger partial charge in [-0.25, -0.2) is 5.43 Å². The minimum atomic E-state index is -0.943. The number of ether oxygens (including phenoxy) is 3. The van der Waals surface area contributed by atoms with E-state index in [-0.39, 0.29) is 0 Å². The van der Waals surface area contributed by atoms with Crippen molar-refractivity contribution in [2.75, 3.05) is 19.8 Å². The Labute approximate surface area is 203 Å². The molecule has 7 nitrogen and oxygen atoms in total. The third-order valence-corrected chi connectivity index (χ3v) is 4.93. The summed E-state index contributed by atoms with van der Waals surface area (Å²) in [4.78, 5) is 12.3. The number of hydrogen-bond donors (Lipinski definition) is 1. The average Bonchev–Trinajstić information content (AvgIpc) is 2.85. The predicted octanol–water partition coefficient (Wildman–Crippen LogP) is 4.95. The normalized spacial score (nSPS) is 11.4. The van der Waals surface area contributed by atoms with Crippen LogP contribution >= 0.6 is 11.6 Å². The van der Waals surface area contributed by atoms with Crippen LogP contribution in [0, 0.1) is 11.3 Å².